The van der Waals surface area contributed by atoms with E-state index in [1.807, 2.05) is 0 Å². The molecule has 1 N–H and O–H groups in total. The molecule has 0 aliphatic carbocycles. The van der Waals surface area contributed by atoms with Crippen molar-refractivity contribution >= 4 is 5.71 Å². The number of halogens is 2. The first-order chi connectivity index (χ1) is 6.19. The smallest absolute Gasteiger partial charge is 0.189 e. The summed E-state index contributed by atoms with van der Waals surface area (Å²) in [6.45, 7) is 0. The third-order valence-electron chi connectivity index (χ3n) is 1.39. The summed E-state index contributed by atoms with van der Waals surface area (Å²) in [6, 6.07) is 4.08. The van der Waals surface area contributed by atoms with Crippen molar-refractivity contribution in [3.8, 4) is 6.07 Å². The number of benzene rings is 1. The summed E-state index contributed by atoms with van der Waals surface area (Å²) in [6.07, 6.45) is 0. The molecule has 0 saturated carbocycles. The minimum absolute atomic E-state index is 0.230. The van der Waals surface area contributed by atoms with Crippen LogP contribution in [-0.4, -0.2) is 10.9 Å². The highest BCUT2D eigenvalue weighted by molar-refractivity contribution is 6.11. The molecule has 1 aromatic carbocycles. The Morgan fingerprint density at radius 3 is 2.62 bits per heavy atom. The number of rotatable bonds is 1. The third-order valence-corrected chi connectivity index (χ3v) is 1.39. The molecule has 1 aromatic rings. The number of nitrogens with zero attached hydrogens (tertiary/aromatic N) is 2. The molecule has 1 rings (SSSR count). The zero-order valence-corrected chi connectivity index (χ0v) is 6.33. The van der Waals surface area contributed by atoms with Gasteiger partial charge >= 0.3 is 0 Å². The van der Waals surface area contributed by atoms with Crippen molar-refractivity contribution in [2.45, 2.75) is 0 Å². The van der Waals surface area contributed by atoms with Gasteiger partial charge in [0.15, 0.2) is 5.71 Å². The molecule has 0 aromatic heterocycles. The summed E-state index contributed by atoms with van der Waals surface area (Å²) in [7, 11) is 0. The van der Waals surface area contributed by atoms with Crippen LogP contribution in [-0.2, 0) is 0 Å². The van der Waals surface area contributed by atoms with E-state index >= 15 is 0 Å². The second kappa shape index (κ2) is 3.63. The average molecular weight is 182 g/mol. The van der Waals surface area contributed by atoms with Gasteiger partial charge in [-0.25, -0.2) is 8.78 Å². The van der Waals surface area contributed by atoms with Crippen LogP contribution in [0.1, 0.15) is 5.56 Å². The van der Waals surface area contributed by atoms with Crippen LogP contribution in [0.4, 0.5) is 8.78 Å². The van der Waals surface area contributed by atoms with Crippen molar-refractivity contribution in [2.24, 2.45) is 5.16 Å². The molecule has 0 fully saturated rings. The Kier molecular flexibility index (Phi) is 2.55. The van der Waals surface area contributed by atoms with Gasteiger partial charge in [-0.3, -0.25) is 0 Å². The SMILES string of the molecule is N#C/C(=N\O)c1ccc(F)cc1F. The van der Waals surface area contributed by atoms with Crippen LogP contribution in [0.2, 0.25) is 0 Å². The van der Waals surface area contributed by atoms with E-state index in [-0.39, 0.29) is 5.56 Å². The molecule has 0 spiro atoms. The molecule has 0 radical (unpaired) electrons. The van der Waals surface area contributed by atoms with Crippen LogP contribution < -0.4 is 0 Å². The lowest BCUT2D eigenvalue weighted by atomic mass is 10.1. The van der Waals surface area contributed by atoms with Crippen LogP contribution in [0, 0.1) is 23.0 Å². The average Bonchev–Trinajstić information content (AvgIpc) is 2.10. The molecule has 0 aliphatic rings. The molecule has 3 nitrogen and oxygen atoms in total. The Morgan fingerprint density at radius 1 is 1.46 bits per heavy atom. The van der Waals surface area contributed by atoms with E-state index in [0.29, 0.717) is 6.07 Å². The van der Waals surface area contributed by atoms with E-state index in [4.69, 9.17) is 10.5 Å². The van der Waals surface area contributed by atoms with E-state index in [0.717, 1.165) is 12.1 Å². The summed E-state index contributed by atoms with van der Waals surface area (Å²) >= 11 is 0. The zero-order valence-electron chi connectivity index (χ0n) is 6.33. The predicted octanol–water partition coefficient (Wildman–Crippen LogP) is 1.67. The summed E-state index contributed by atoms with van der Waals surface area (Å²) in [5.41, 5.74) is -0.719. The van der Waals surface area contributed by atoms with Crippen molar-refractivity contribution in [1.29, 1.82) is 5.26 Å². The Labute approximate surface area is 72.5 Å². The molecule has 0 bridgehead atoms. The van der Waals surface area contributed by atoms with Crippen molar-refractivity contribution < 1.29 is 14.0 Å². The molecule has 0 amide bonds. The van der Waals surface area contributed by atoms with Crippen molar-refractivity contribution in [3.05, 3.63) is 35.4 Å². The second-order valence-electron chi connectivity index (χ2n) is 2.18. The highest BCUT2D eigenvalue weighted by Crippen LogP contribution is 2.10. The van der Waals surface area contributed by atoms with Gasteiger partial charge in [0, 0.05) is 6.07 Å². The van der Waals surface area contributed by atoms with Crippen molar-refractivity contribution in [1.82, 2.24) is 0 Å². The fourth-order valence-electron chi connectivity index (χ4n) is 0.818. The Morgan fingerprint density at radius 2 is 2.15 bits per heavy atom. The van der Waals surface area contributed by atoms with Crippen LogP contribution in [0.25, 0.3) is 0 Å². The monoisotopic (exact) mass is 182 g/mol. The summed E-state index contributed by atoms with van der Waals surface area (Å²) in [5, 5.41) is 19.2. The molecule has 5 heteroatoms. The molecule has 0 aliphatic heterocycles. The van der Waals surface area contributed by atoms with Crippen LogP contribution in [0.3, 0.4) is 0 Å². The molecule has 13 heavy (non-hydrogen) atoms. The Bertz CT molecular complexity index is 396. The Balaban J connectivity index is 3.25. The number of hydrogen-bond donors (Lipinski definition) is 1. The maximum Gasteiger partial charge on any atom is 0.189 e. The van der Waals surface area contributed by atoms with Crippen LogP contribution in [0.5, 0.6) is 0 Å². The lowest BCUT2D eigenvalue weighted by Crippen LogP contribution is -2.01. The van der Waals surface area contributed by atoms with Crippen LogP contribution in [0.15, 0.2) is 23.4 Å². The first kappa shape index (κ1) is 9.13. The fourth-order valence-corrected chi connectivity index (χ4v) is 0.818. The predicted molar refractivity (Wildman–Crippen MR) is 40.3 cm³/mol. The minimum Gasteiger partial charge on any atom is -0.410 e. The van der Waals surface area contributed by atoms with Gasteiger partial charge < -0.3 is 5.21 Å². The maximum atomic E-state index is 12.9. The molecule has 0 atom stereocenters. The van der Waals surface area contributed by atoms with Gasteiger partial charge in [0.2, 0.25) is 0 Å². The summed E-state index contributed by atoms with van der Waals surface area (Å²) in [5.74, 6) is -1.69. The number of hydrogen-bond acceptors (Lipinski definition) is 3. The van der Waals surface area contributed by atoms with Gasteiger partial charge in [-0.1, -0.05) is 5.16 Å². The minimum atomic E-state index is -0.936. The summed E-state index contributed by atoms with van der Waals surface area (Å²) < 4.78 is 25.3. The second-order valence-corrected chi connectivity index (χ2v) is 2.18. The highest BCUT2D eigenvalue weighted by Gasteiger charge is 2.09. The molecule has 0 heterocycles. The highest BCUT2D eigenvalue weighted by atomic mass is 19.1. The topological polar surface area (TPSA) is 56.4 Å². The Hall–Kier alpha value is -1.96. The van der Waals surface area contributed by atoms with Gasteiger partial charge in [-0.15, -0.1) is 0 Å². The van der Waals surface area contributed by atoms with Gasteiger partial charge in [0.05, 0.1) is 5.56 Å². The number of nitriles is 1. The zero-order chi connectivity index (χ0) is 9.84. The normalized spacial score (nSPS) is 11.0. The molecule has 0 saturated heterocycles. The third kappa shape index (κ3) is 1.79. The maximum absolute atomic E-state index is 12.9. The standard InChI is InChI=1S/C8H4F2N2O/c9-5-1-2-6(7(10)3-5)8(4-11)12-13/h1-3,13H/b12-8+. The first-order valence-electron chi connectivity index (χ1n) is 3.26. The van der Waals surface area contributed by atoms with Crippen molar-refractivity contribution in [3.63, 3.8) is 0 Å². The lowest BCUT2D eigenvalue weighted by Gasteiger charge is -1.97. The van der Waals surface area contributed by atoms with Crippen molar-refractivity contribution in [2.75, 3.05) is 0 Å². The van der Waals surface area contributed by atoms with E-state index in [1.54, 1.807) is 0 Å². The first-order valence-corrected chi connectivity index (χ1v) is 3.26. The number of oxime groups is 1. The van der Waals surface area contributed by atoms with E-state index in [1.165, 1.54) is 6.07 Å². The molecular weight excluding hydrogens is 178 g/mol. The van der Waals surface area contributed by atoms with Gasteiger partial charge in [0.25, 0.3) is 0 Å². The molecule has 66 valence electrons. The van der Waals surface area contributed by atoms with Gasteiger partial charge in [-0.2, -0.15) is 5.26 Å². The molecule has 0 unspecified atom stereocenters. The van der Waals surface area contributed by atoms with E-state index < -0.39 is 17.3 Å². The quantitative estimate of drug-likeness (QED) is 0.408. The summed E-state index contributed by atoms with van der Waals surface area (Å²) in [4.78, 5) is 0. The van der Waals surface area contributed by atoms with E-state index in [9.17, 15) is 8.78 Å². The largest absolute Gasteiger partial charge is 0.410 e. The molecular formula is C8H4F2N2O. The van der Waals surface area contributed by atoms with E-state index in [2.05, 4.69) is 5.16 Å². The fraction of sp³-hybridized carbons (Fsp3) is 0. The lowest BCUT2D eigenvalue weighted by molar-refractivity contribution is 0.320. The van der Waals surface area contributed by atoms with Gasteiger partial charge in [-0.05, 0) is 12.1 Å². The van der Waals surface area contributed by atoms with Gasteiger partial charge in [0.1, 0.15) is 17.7 Å². The van der Waals surface area contributed by atoms with Crippen LogP contribution >= 0.6 is 0 Å².